The Morgan fingerprint density at radius 2 is 1.60 bits per heavy atom. The van der Waals surface area contributed by atoms with Crippen LogP contribution < -0.4 is 16.0 Å². The van der Waals surface area contributed by atoms with Gasteiger partial charge in [0, 0.05) is 45.9 Å². The van der Waals surface area contributed by atoms with E-state index in [1.54, 1.807) is 45.1 Å². The lowest BCUT2D eigenvalue weighted by molar-refractivity contribution is -0.202. The Balaban J connectivity index is 1.56. The number of carbonyl (C=O) groups excluding carboxylic acids is 4. The van der Waals surface area contributed by atoms with E-state index >= 15 is 0 Å². The summed E-state index contributed by atoms with van der Waals surface area (Å²) in [5.74, 6) is -1.67. The summed E-state index contributed by atoms with van der Waals surface area (Å²) in [6, 6.07) is 10.8. The number of methoxy groups -OCH3 is 1. The van der Waals surface area contributed by atoms with Crippen molar-refractivity contribution >= 4 is 78.7 Å². The van der Waals surface area contributed by atoms with Gasteiger partial charge in [-0.15, -0.1) is 0 Å². The van der Waals surface area contributed by atoms with Gasteiger partial charge in [-0.1, -0.05) is 12.2 Å². The average molecular weight is 634 g/mol. The normalized spacial score (nSPS) is 23.0. The predicted octanol–water partition coefficient (Wildman–Crippen LogP) is 4.68. The fourth-order valence-corrected chi connectivity index (χ4v) is 7.82. The molecule has 238 valence electrons. The lowest BCUT2D eigenvalue weighted by Gasteiger charge is -2.37. The number of hydrogen-bond donors (Lipinski definition) is 4. The largest absolute Gasteiger partial charge is 0.467 e. The van der Waals surface area contributed by atoms with Crippen molar-refractivity contribution in [3.05, 3.63) is 71.8 Å². The van der Waals surface area contributed by atoms with Crippen LogP contribution in [0.25, 0.3) is 43.6 Å². The van der Waals surface area contributed by atoms with Crippen LogP contribution >= 0.6 is 0 Å². The number of aliphatic hydroxyl groups is 1. The number of hydrogen-bond acceptors (Lipinski definition) is 7. The van der Waals surface area contributed by atoms with E-state index in [-0.39, 0.29) is 30.7 Å². The van der Waals surface area contributed by atoms with Gasteiger partial charge in [0.05, 0.1) is 34.7 Å². The standard InChI is InChI=1S/C35H31N5O7/c1-5-7-24(41)37-17-9-11-22-19(13-17)28-29-21(16-36-32(29)43)27-20-14-18(38-25(42)8-6-2)10-12-23(20)40-31(27)30(28)39(22)26-15-35(45,33(44)46-4)34(40,3)47-26/h5-14,26,45H,15-16H2,1-4H3,(H,36,43)(H,37,41)(H,38,42)/b7-5+,8-6+. The molecule has 4 N–H and O–H groups in total. The highest BCUT2D eigenvalue weighted by atomic mass is 16.6. The van der Waals surface area contributed by atoms with Crippen LogP contribution in [0, 0.1) is 0 Å². The first-order valence-electron chi connectivity index (χ1n) is 15.3. The molecule has 2 bridgehead atoms. The van der Waals surface area contributed by atoms with Crippen LogP contribution in [0.1, 0.15) is 49.3 Å². The highest BCUT2D eigenvalue weighted by Crippen LogP contribution is 2.58. The highest BCUT2D eigenvalue weighted by molar-refractivity contribution is 6.31. The number of amides is 3. The van der Waals surface area contributed by atoms with E-state index in [1.165, 1.54) is 19.3 Å². The fraction of sp³-hybridized carbons (Fsp3) is 0.257. The second-order valence-electron chi connectivity index (χ2n) is 12.2. The van der Waals surface area contributed by atoms with Crippen molar-refractivity contribution in [3.8, 4) is 0 Å². The molecule has 8 rings (SSSR count). The summed E-state index contributed by atoms with van der Waals surface area (Å²) in [6.45, 7) is 5.42. The lowest BCUT2D eigenvalue weighted by atomic mass is 9.88. The molecule has 12 heteroatoms. The highest BCUT2D eigenvalue weighted by Gasteiger charge is 2.65. The van der Waals surface area contributed by atoms with Gasteiger partial charge in [-0.3, -0.25) is 14.4 Å². The SMILES string of the molecule is C/C=C/C(=O)Nc1ccc2c(c1)c1c3c(c4c5cc(NC(=O)/C=C/C)ccc5n5c4c1n2C1CC(O)(C(=O)OC)C5(C)O1)CNC3=O. The van der Waals surface area contributed by atoms with E-state index in [0.29, 0.717) is 55.2 Å². The van der Waals surface area contributed by atoms with E-state index in [4.69, 9.17) is 9.47 Å². The number of nitrogens with zero attached hydrogens (tertiary/aromatic N) is 2. The fourth-order valence-electron chi connectivity index (χ4n) is 7.82. The summed E-state index contributed by atoms with van der Waals surface area (Å²) in [4.78, 5) is 52.2. The number of aromatic nitrogens is 2. The molecule has 0 saturated carbocycles. The Hall–Kier alpha value is -5.46. The molecular weight excluding hydrogens is 602 g/mol. The number of fused-ring (bicyclic) bond motifs is 13. The molecule has 3 aliphatic rings. The van der Waals surface area contributed by atoms with E-state index in [9.17, 15) is 24.3 Å². The Morgan fingerprint density at radius 3 is 2.21 bits per heavy atom. The van der Waals surface area contributed by atoms with Crippen molar-refractivity contribution in [3.63, 3.8) is 0 Å². The van der Waals surface area contributed by atoms with E-state index in [2.05, 4.69) is 16.0 Å². The monoisotopic (exact) mass is 633 g/mol. The molecule has 1 saturated heterocycles. The number of anilines is 2. The third-order valence-electron chi connectivity index (χ3n) is 9.71. The van der Waals surface area contributed by atoms with Crippen molar-refractivity contribution in [1.82, 2.24) is 14.5 Å². The molecule has 3 aromatic carbocycles. The van der Waals surface area contributed by atoms with Gasteiger partial charge in [0.1, 0.15) is 6.23 Å². The molecule has 0 spiro atoms. The molecule has 2 aromatic heterocycles. The predicted molar refractivity (Wildman–Crippen MR) is 176 cm³/mol. The Bertz CT molecular complexity index is 2350. The summed E-state index contributed by atoms with van der Waals surface area (Å²) < 4.78 is 15.7. The van der Waals surface area contributed by atoms with Crippen LogP contribution in [0.5, 0.6) is 0 Å². The van der Waals surface area contributed by atoms with Crippen molar-refractivity contribution in [1.29, 1.82) is 0 Å². The van der Waals surface area contributed by atoms with Crippen LogP contribution in [0.4, 0.5) is 11.4 Å². The van der Waals surface area contributed by atoms with Crippen LogP contribution in [0.3, 0.4) is 0 Å². The van der Waals surface area contributed by atoms with Crippen LogP contribution in [0.15, 0.2) is 60.7 Å². The molecule has 1 fully saturated rings. The summed E-state index contributed by atoms with van der Waals surface area (Å²) >= 11 is 0. The molecule has 3 amide bonds. The van der Waals surface area contributed by atoms with E-state index in [0.717, 1.165) is 10.9 Å². The first-order valence-corrected chi connectivity index (χ1v) is 15.3. The zero-order valence-electron chi connectivity index (χ0n) is 26.1. The smallest absolute Gasteiger partial charge is 0.343 e. The van der Waals surface area contributed by atoms with Gasteiger partial charge in [-0.25, -0.2) is 4.79 Å². The molecule has 3 unspecified atom stereocenters. The molecule has 0 radical (unpaired) electrons. The number of nitrogens with one attached hydrogen (secondary N) is 3. The minimum Gasteiger partial charge on any atom is -0.467 e. The third kappa shape index (κ3) is 3.64. The first-order chi connectivity index (χ1) is 22.6. The maximum atomic E-state index is 13.7. The Morgan fingerprint density at radius 1 is 0.979 bits per heavy atom. The average Bonchev–Trinajstić information content (AvgIpc) is 3.73. The second kappa shape index (κ2) is 9.77. The molecular formula is C35H31N5O7. The molecule has 3 atom stereocenters. The molecule has 12 nitrogen and oxygen atoms in total. The van der Waals surface area contributed by atoms with Crippen LogP contribution in [-0.2, 0) is 36.1 Å². The van der Waals surface area contributed by atoms with Gasteiger partial charge in [0.25, 0.3) is 5.91 Å². The number of benzene rings is 3. The number of rotatable bonds is 5. The van der Waals surface area contributed by atoms with Crippen molar-refractivity contribution < 1.29 is 33.8 Å². The van der Waals surface area contributed by atoms with Crippen LogP contribution in [0.2, 0.25) is 0 Å². The minimum absolute atomic E-state index is 0.129. The lowest BCUT2D eigenvalue weighted by Crippen LogP contribution is -2.56. The summed E-state index contributed by atoms with van der Waals surface area (Å²) in [6.07, 6.45) is 5.18. The van der Waals surface area contributed by atoms with Crippen LogP contribution in [-0.4, -0.2) is 50.6 Å². The van der Waals surface area contributed by atoms with Gasteiger partial charge in [-0.05, 0) is 74.9 Å². The summed E-state index contributed by atoms with van der Waals surface area (Å²) in [5.41, 5.74) is 1.24. The van der Waals surface area contributed by atoms with Crippen molar-refractivity contribution in [2.24, 2.45) is 0 Å². The second-order valence-corrected chi connectivity index (χ2v) is 12.2. The van der Waals surface area contributed by atoms with Gasteiger partial charge in [-0.2, -0.15) is 0 Å². The summed E-state index contributed by atoms with van der Waals surface area (Å²) in [7, 11) is 1.23. The van der Waals surface area contributed by atoms with E-state index in [1.807, 2.05) is 33.4 Å². The molecule has 0 aliphatic carbocycles. The first kappa shape index (κ1) is 29.0. The Kier molecular flexibility index (Phi) is 6.02. The maximum absolute atomic E-state index is 13.7. The Labute approximate surface area is 267 Å². The quantitative estimate of drug-likeness (QED) is 0.162. The van der Waals surface area contributed by atoms with Crippen molar-refractivity contribution in [2.75, 3.05) is 17.7 Å². The molecule has 47 heavy (non-hydrogen) atoms. The third-order valence-corrected chi connectivity index (χ3v) is 9.71. The van der Waals surface area contributed by atoms with Gasteiger partial charge >= 0.3 is 5.97 Å². The minimum atomic E-state index is -2.10. The molecule has 5 heterocycles. The van der Waals surface area contributed by atoms with Gasteiger partial charge < -0.3 is 39.7 Å². The topological polar surface area (TPSA) is 153 Å². The van der Waals surface area contributed by atoms with E-state index < -0.39 is 23.5 Å². The number of ether oxygens (including phenoxy) is 2. The number of allylic oxidation sites excluding steroid dienone is 2. The number of carbonyl (C=O) groups is 4. The maximum Gasteiger partial charge on any atom is 0.343 e. The van der Waals surface area contributed by atoms with Gasteiger partial charge in [0.2, 0.25) is 17.4 Å². The van der Waals surface area contributed by atoms with Crippen molar-refractivity contribution in [2.45, 2.75) is 51.3 Å². The zero-order valence-corrected chi connectivity index (χ0v) is 26.1. The zero-order chi connectivity index (χ0) is 33.0. The number of esters is 1. The molecule has 3 aliphatic heterocycles. The summed E-state index contributed by atoms with van der Waals surface area (Å²) in [5, 5.41) is 23.9. The molecule has 5 aromatic rings. The van der Waals surface area contributed by atoms with Gasteiger partial charge in [0.15, 0.2) is 5.72 Å².